The lowest BCUT2D eigenvalue weighted by Gasteiger charge is -2.11. The summed E-state index contributed by atoms with van der Waals surface area (Å²) in [4.78, 5) is 7.13. The van der Waals surface area contributed by atoms with E-state index in [0.29, 0.717) is 13.2 Å². The van der Waals surface area contributed by atoms with Crippen LogP contribution in [0.1, 0.15) is 25.5 Å². The molecule has 0 aliphatic rings. The molecule has 0 saturated carbocycles. The van der Waals surface area contributed by atoms with Crippen LogP contribution in [-0.4, -0.2) is 36.8 Å². The number of hydrogen-bond acceptors (Lipinski definition) is 5. The molecule has 0 atom stereocenters. The summed E-state index contributed by atoms with van der Waals surface area (Å²) < 4.78 is 48.2. The highest BCUT2D eigenvalue weighted by Gasteiger charge is 2.33. The molecular weight excluding hydrogens is 275 g/mol. The van der Waals surface area contributed by atoms with Crippen molar-refractivity contribution in [2.24, 2.45) is 0 Å². The first-order valence-electron chi connectivity index (χ1n) is 6.32. The zero-order valence-corrected chi connectivity index (χ0v) is 11.5. The van der Waals surface area contributed by atoms with Gasteiger partial charge in [0.25, 0.3) is 0 Å². The second-order valence-corrected chi connectivity index (χ2v) is 3.98. The van der Waals surface area contributed by atoms with Gasteiger partial charge in [-0.25, -0.2) is 4.98 Å². The largest absolute Gasteiger partial charge is 0.475 e. The van der Waals surface area contributed by atoms with Crippen LogP contribution in [0, 0.1) is 0 Å². The number of hydrogen-bond donors (Lipinski definition) is 1. The van der Waals surface area contributed by atoms with Crippen molar-refractivity contribution in [3.63, 3.8) is 0 Å². The van der Waals surface area contributed by atoms with Gasteiger partial charge in [0.15, 0.2) is 5.69 Å². The summed E-state index contributed by atoms with van der Waals surface area (Å²) in [5.41, 5.74) is -1.04. The van der Waals surface area contributed by atoms with E-state index in [2.05, 4.69) is 15.3 Å². The fourth-order valence-electron chi connectivity index (χ4n) is 1.31. The van der Waals surface area contributed by atoms with Crippen molar-refractivity contribution < 1.29 is 22.6 Å². The van der Waals surface area contributed by atoms with Crippen LogP contribution in [0.5, 0.6) is 5.88 Å². The number of nitrogens with one attached hydrogen (secondary N) is 1. The maximum atomic E-state index is 12.6. The third-order valence-electron chi connectivity index (χ3n) is 2.34. The summed E-state index contributed by atoms with van der Waals surface area (Å²) >= 11 is 0. The van der Waals surface area contributed by atoms with Crippen molar-refractivity contribution in [1.29, 1.82) is 0 Å². The molecule has 0 spiro atoms. The van der Waals surface area contributed by atoms with E-state index in [1.54, 1.807) is 0 Å². The van der Waals surface area contributed by atoms with E-state index in [0.717, 1.165) is 18.9 Å². The Bertz CT molecular complexity index is 413. The van der Waals surface area contributed by atoms with E-state index in [1.807, 2.05) is 6.92 Å². The maximum absolute atomic E-state index is 12.6. The first-order valence-corrected chi connectivity index (χ1v) is 6.32. The summed E-state index contributed by atoms with van der Waals surface area (Å²) in [6.45, 7) is 3.10. The molecule has 20 heavy (non-hydrogen) atoms. The lowest BCUT2D eigenvalue weighted by atomic mass is 10.4. The third kappa shape index (κ3) is 5.60. The number of unbranched alkanes of at least 4 members (excludes halogenated alkanes) is 1. The molecule has 0 radical (unpaired) electrons. The van der Waals surface area contributed by atoms with Crippen LogP contribution in [0.4, 0.5) is 19.1 Å². The van der Waals surface area contributed by atoms with Crippen LogP contribution in [0.15, 0.2) is 6.07 Å². The van der Waals surface area contributed by atoms with Crippen molar-refractivity contribution in [3.05, 3.63) is 11.8 Å². The monoisotopic (exact) mass is 293 g/mol. The molecule has 1 aromatic rings. The molecule has 0 amide bonds. The number of anilines is 1. The lowest BCUT2D eigenvalue weighted by Crippen LogP contribution is -2.13. The third-order valence-corrected chi connectivity index (χ3v) is 2.34. The predicted octanol–water partition coefficient (Wildman–Crippen LogP) is 2.73. The summed E-state index contributed by atoms with van der Waals surface area (Å²) in [6, 6.07) is 0.771. The number of alkyl halides is 3. The second-order valence-electron chi connectivity index (χ2n) is 3.98. The smallest absolute Gasteiger partial charge is 0.433 e. The van der Waals surface area contributed by atoms with Gasteiger partial charge in [-0.3, -0.25) is 0 Å². The van der Waals surface area contributed by atoms with Crippen LogP contribution < -0.4 is 10.1 Å². The Labute approximate surface area is 115 Å². The SMILES string of the molecule is CCCCOCCOc1cc(C(F)(F)F)nc(NC)n1. The predicted molar refractivity (Wildman–Crippen MR) is 67.8 cm³/mol. The highest BCUT2D eigenvalue weighted by Crippen LogP contribution is 2.30. The van der Waals surface area contributed by atoms with Crippen molar-refractivity contribution >= 4 is 5.95 Å². The zero-order valence-electron chi connectivity index (χ0n) is 11.5. The minimum absolute atomic E-state index is 0.129. The normalized spacial score (nSPS) is 11.4. The fourth-order valence-corrected chi connectivity index (χ4v) is 1.31. The molecule has 0 bridgehead atoms. The van der Waals surface area contributed by atoms with Gasteiger partial charge >= 0.3 is 6.18 Å². The number of nitrogens with zero attached hydrogens (tertiary/aromatic N) is 2. The molecule has 1 aromatic heterocycles. The minimum atomic E-state index is -4.54. The molecule has 0 aromatic carbocycles. The fraction of sp³-hybridized carbons (Fsp3) is 0.667. The molecule has 0 unspecified atom stereocenters. The molecule has 114 valence electrons. The number of ether oxygens (including phenoxy) is 2. The highest BCUT2D eigenvalue weighted by atomic mass is 19.4. The molecular formula is C12H18F3N3O2. The summed E-state index contributed by atoms with van der Waals surface area (Å²) in [5, 5.41) is 2.46. The molecule has 0 aliphatic heterocycles. The molecule has 0 aliphatic carbocycles. The molecule has 1 rings (SSSR count). The molecule has 5 nitrogen and oxygen atoms in total. The Balaban J connectivity index is 2.56. The average Bonchev–Trinajstić information content (AvgIpc) is 2.41. The Hall–Kier alpha value is -1.57. The first-order chi connectivity index (χ1) is 9.47. The van der Waals surface area contributed by atoms with Gasteiger partial charge in [-0.05, 0) is 6.42 Å². The molecule has 8 heteroatoms. The summed E-state index contributed by atoms with van der Waals surface area (Å²) in [6.07, 6.45) is -2.58. The van der Waals surface area contributed by atoms with Crippen LogP contribution in [0.3, 0.4) is 0 Å². The van der Waals surface area contributed by atoms with Crippen molar-refractivity contribution in [1.82, 2.24) is 9.97 Å². The Morgan fingerprint density at radius 3 is 2.55 bits per heavy atom. The topological polar surface area (TPSA) is 56.3 Å². The van der Waals surface area contributed by atoms with Gasteiger partial charge in [-0.1, -0.05) is 13.3 Å². The lowest BCUT2D eigenvalue weighted by molar-refractivity contribution is -0.141. The van der Waals surface area contributed by atoms with Gasteiger partial charge < -0.3 is 14.8 Å². The summed E-state index contributed by atoms with van der Waals surface area (Å²) in [5.74, 6) is -0.266. The Morgan fingerprint density at radius 1 is 1.20 bits per heavy atom. The van der Waals surface area contributed by atoms with E-state index in [1.165, 1.54) is 7.05 Å². The van der Waals surface area contributed by atoms with Crippen LogP contribution in [0.2, 0.25) is 0 Å². The highest BCUT2D eigenvalue weighted by molar-refractivity contribution is 5.31. The summed E-state index contributed by atoms with van der Waals surface area (Å²) in [7, 11) is 1.44. The van der Waals surface area contributed by atoms with Gasteiger partial charge in [0.1, 0.15) is 6.61 Å². The Morgan fingerprint density at radius 2 is 1.95 bits per heavy atom. The quantitative estimate of drug-likeness (QED) is 0.747. The first kappa shape index (κ1) is 16.5. The molecule has 1 N–H and O–H groups in total. The van der Waals surface area contributed by atoms with E-state index in [4.69, 9.17) is 9.47 Å². The van der Waals surface area contributed by atoms with Gasteiger partial charge in [-0.15, -0.1) is 0 Å². The molecule has 0 fully saturated rings. The second kappa shape index (κ2) is 7.88. The molecule has 1 heterocycles. The van der Waals surface area contributed by atoms with Crippen molar-refractivity contribution in [2.75, 3.05) is 32.2 Å². The number of aromatic nitrogens is 2. The van der Waals surface area contributed by atoms with E-state index >= 15 is 0 Å². The maximum Gasteiger partial charge on any atom is 0.433 e. The van der Waals surface area contributed by atoms with Crippen LogP contribution in [0.25, 0.3) is 0 Å². The van der Waals surface area contributed by atoms with Crippen molar-refractivity contribution in [3.8, 4) is 5.88 Å². The Kier molecular flexibility index (Phi) is 6.50. The molecule has 0 saturated heterocycles. The van der Waals surface area contributed by atoms with Gasteiger partial charge in [0, 0.05) is 19.7 Å². The standard InChI is InChI=1S/C12H18F3N3O2/c1-3-4-5-19-6-7-20-10-8-9(12(13,14)15)17-11(16-2)18-10/h8H,3-7H2,1-2H3,(H,16,17,18). The minimum Gasteiger partial charge on any atom is -0.475 e. The van der Waals surface area contributed by atoms with Crippen molar-refractivity contribution in [2.45, 2.75) is 25.9 Å². The van der Waals surface area contributed by atoms with Gasteiger partial charge in [0.2, 0.25) is 11.8 Å². The zero-order chi connectivity index (χ0) is 15.0. The van der Waals surface area contributed by atoms with E-state index in [9.17, 15) is 13.2 Å². The van der Waals surface area contributed by atoms with E-state index in [-0.39, 0.29) is 18.4 Å². The van der Waals surface area contributed by atoms with Gasteiger partial charge in [-0.2, -0.15) is 18.2 Å². The van der Waals surface area contributed by atoms with Gasteiger partial charge in [0.05, 0.1) is 6.61 Å². The van der Waals surface area contributed by atoms with Crippen LogP contribution in [-0.2, 0) is 10.9 Å². The van der Waals surface area contributed by atoms with E-state index < -0.39 is 11.9 Å². The van der Waals surface area contributed by atoms with Crippen LogP contribution >= 0.6 is 0 Å². The number of rotatable bonds is 8. The number of halogens is 3. The average molecular weight is 293 g/mol.